The molecule has 2 saturated heterocycles. The van der Waals surface area contributed by atoms with Gasteiger partial charge in [0.25, 0.3) is 11.8 Å². The van der Waals surface area contributed by atoms with Crippen molar-refractivity contribution in [3.05, 3.63) is 135 Å². The summed E-state index contributed by atoms with van der Waals surface area (Å²) in [5.74, 6) is -6.52. The first-order valence-corrected chi connectivity index (χ1v) is 17.7. The van der Waals surface area contributed by atoms with Crippen LogP contribution in [0.1, 0.15) is 35.4 Å². The topological polar surface area (TPSA) is 127 Å². The van der Waals surface area contributed by atoms with Gasteiger partial charge in [0, 0.05) is 28.1 Å². The van der Waals surface area contributed by atoms with Crippen LogP contribution in [0.25, 0.3) is 0 Å². The maximum atomic E-state index is 15.2. The van der Waals surface area contributed by atoms with Crippen LogP contribution in [0.5, 0.6) is 11.5 Å². The molecule has 9 nitrogen and oxygen atoms in total. The number of phenolic OH excluding ortho intramolecular Hbond substituents is 2. The Hall–Kier alpha value is -5.19. The van der Waals surface area contributed by atoms with Crippen molar-refractivity contribution in [2.24, 2.45) is 23.7 Å². The van der Waals surface area contributed by atoms with E-state index < -0.39 is 52.6 Å². The van der Waals surface area contributed by atoms with Crippen molar-refractivity contribution in [2.45, 2.75) is 30.6 Å². The number of fused-ring (bicyclic) bond motifs is 4. The van der Waals surface area contributed by atoms with Gasteiger partial charge in [0.05, 0.1) is 28.9 Å². The Morgan fingerprint density at radius 3 is 2.21 bits per heavy atom. The summed E-state index contributed by atoms with van der Waals surface area (Å²) in [6.07, 6.45) is 2.56. The van der Waals surface area contributed by atoms with Gasteiger partial charge >= 0.3 is 0 Å². The highest BCUT2D eigenvalue weighted by molar-refractivity contribution is 6.31. The van der Waals surface area contributed by atoms with Crippen molar-refractivity contribution < 1.29 is 33.8 Å². The third kappa shape index (κ3) is 5.26. The number of nitrogens with zero attached hydrogens (tertiary/aromatic N) is 2. The number of hydrazine groups is 1. The highest BCUT2D eigenvalue weighted by Crippen LogP contribution is 2.65. The number of carbonyl (C=O) groups excluding carboxylic acids is 4. The molecular weight excluding hydrogens is 708 g/mol. The number of rotatable bonds is 7. The van der Waals surface area contributed by atoms with Crippen LogP contribution in [0, 0.1) is 29.5 Å². The summed E-state index contributed by atoms with van der Waals surface area (Å²) in [5.41, 5.74) is 3.84. The smallest absolute Gasteiger partial charge is 0.260 e. The Balaban J connectivity index is 1.26. The summed E-state index contributed by atoms with van der Waals surface area (Å²) >= 11 is 12.9. The number of hydrogen-bond acceptors (Lipinski definition) is 7. The summed E-state index contributed by atoms with van der Waals surface area (Å²) in [6, 6.07) is 23.0. The van der Waals surface area contributed by atoms with Gasteiger partial charge in [0.2, 0.25) is 11.8 Å². The first kappa shape index (κ1) is 33.9. The second-order valence-electron chi connectivity index (χ2n) is 13.8. The van der Waals surface area contributed by atoms with Crippen LogP contribution < -0.4 is 5.43 Å². The SMILES string of the molecule is O=C1[C@H]2[C@H](CC=C3[C@H]2C[C@H]2C(=O)N(Nc4ccc(F)cc4)C(=O)[C@@]2(c2ccc(Cl)cc2)[C@H]3c2cc(Cl)ccc2O)C(=O)N1CCc1ccc(O)cc1. The molecule has 4 aromatic rings. The van der Waals surface area contributed by atoms with Crippen LogP contribution in [-0.4, -0.2) is 50.3 Å². The van der Waals surface area contributed by atoms with E-state index in [1.54, 1.807) is 54.6 Å². The summed E-state index contributed by atoms with van der Waals surface area (Å²) in [4.78, 5) is 59.4. The van der Waals surface area contributed by atoms with Gasteiger partial charge in [0.1, 0.15) is 17.3 Å². The number of amides is 4. The van der Waals surface area contributed by atoms with Crippen LogP contribution in [0.2, 0.25) is 10.0 Å². The molecule has 8 rings (SSSR count). The fourth-order valence-corrected chi connectivity index (χ4v) is 9.25. The number of nitrogens with one attached hydrogen (secondary N) is 1. The molecule has 1 saturated carbocycles. The zero-order valence-electron chi connectivity index (χ0n) is 27.5. The first-order valence-electron chi connectivity index (χ1n) is 17.0. The Morgan fingerprint density at radius 1 is 0.808 bits per heavy atom. The standard InChI is InChI=1S/C40H32Cl2FN3O6/c41-23-5-3-22(4-6-23)40-32(37(50)46(39(40)52)44-26-10-8-25(43)9-11-26)20-30-28(35(40)31-19-24(42)7-16-33(31)48)14-15-29-34(30)38(51)45(36(29)49)18-17-21-1-12-27(47)13-2-21/h1-14,16,19,29-30,32,34-35,44,47-48H,15,17-18,20H2/t29-,30+,32-,34-,35+,40+/m0/s1. The van der Waals surface area contributed by atoms with Gasteiger partial charge in [-0.3, -0.25) is 29.5 Å². The number of benzene rings is 4. The van der Waals surface area contributed by atoms with Gasteiger partial charge in [-0.2, -0.15) is 5.01 Å². The van der Waals surface area contributed by atoms with E-state index in [1.807, 2.05) is 6.08 Å². The molecule has 6 atom stereocenters. The minimum absolute atomic E-state index is 0.0600. The summed E-state index contributed by atoms with van der Waals surface area (Å²) < 4.78 is 13.8. The molecule has 0 spiro atoms. The van der Waals surface area contributed by atoms with Gasteiger partial charge in [-0.25, -0.2) is 4.39 Å². The summed E-state index contributed by atoms with van der Waals surface area (Å²) in [6.45, 7) is 0.140. The maximum absolute atomic E-state index is 15.2. The van der Waals surface area contributed by atoms with Crippen molar-refractivity contribution in [1.82, 2.24) is 9.91 Å². The molecule has 4 aliphatic rings. The number of anilines is 1. The largest absolute Gasteiger partial charge is 0.508 e. The predicted octanol–water partition coefficient (Wildman–Crippen LogP) is 6.77. The third-order valence-electron chi connectivity index (χ3n) is 11.2. The maximum Gasteiger partial charge on any atom is 0.260 e. The van der Waals surface area contributed by atoms with Crippen LogP contribution >= 0.6 is 23.2 Å². The minimum atomic E-state index is -1.64. The molecule has 12 heteroatoms. The molecule has 0 bridgehead atoms. The van der Waals surface area contributed by atoms with Gasteiger partial charge in [-0.1, -0.05) is 59.1 Å². The van der Waals surface area contributed by atoms with E-state index in [9.17, 15) is 29.0 Å². The van der Waals surface area contributed by atoms with E-state index in [0.29, 0.717) is 33.8 Å². The van der Waals surface area contributed by atoms with Gasteiger partial charge in [-0.15, -0.1) is 0 Å². The average Bonchev–Trinajstić information content (AvgIpc) is 3.50. The number of imide groups is 2. The molecular formula is C40H32Cl2FN3O6. The van der Waals surface area contributed by atoms with E-state index >= 15 is 4.79 Å². The molecule has 264 valence electrons. The normalized spacial score (nSPS) is 26.6. The molecule has 2 heterocycles. The molecule has 3 N–H and O–H groups in total. The lowest BCUT2D eigenvalue weighted by molar-refractivity contribution is -0.141. The van der Waals surface area contributed by atoms with Crippen molar-refractivity contribution in [2.75, 3.05) is 12.0 Å². The monoisotopic (exact) mass is 739 g/mol. The second kappa shape index (κ2) is 12.8. The fourth-order valence-electron chi connectivity index (χ4n) is 8.95. The Morgan fingerprint density at radius 2 is 1.50 bits per heavy atom. The van der Waals surface area contributed by atoms with Crippen LogP contribution in [-0.2, 0) is 31.0 Å². The highest BCUT2D eigenvalue weighted by atomic mass is 35.5. The molecule has 2 aliphatic carbocycles. The third-order valence-corrected chi connectivity index (χ3v) is 11.7. The fraction of sp³-hybridized carbons (Fsp3) is 0.250. The molecule has 3 fully saturated rings. The summed E-state index contributed by atoms with van der Waals surface area (Å²) in [7, 11) is 0. The zero-order chi connectivity index (χ0) is 36.5. The van der Waals surface area contributed by atoms with Crippen LogP contribution in [0.15, 0.2) is 103 Å². The number of halogens is 3. The van der Waals surface area contributed by atoms with Gasteiger partial charge < -0.3 is 10.2 Å². The van der Waals surface area contributed by atoms with Crippen molar-refractivity contribution >= 4 is 52.5 Å². The van der Waals surface area contributed by atoms with E-state index in [1.165, 1.54) is 41.3 Å². The Labute approximate surface area is 308 Å². The van der Waals surface area contributed by atoms with E-state index in [4.69, 9.17) is 23.2 Å². The number of phenols is 2. The van der Waals surface area contributed by atoms with Crippen LogP contribution in [0.3, 0.4) is 0 Å². The second-order valence-corrected chi connectivity index (χ2v) is 14.7. The quantitative estimate of drug-likeness (QED) is 0.141. The lowest BCUT2D eigenvalue weighted by atomic mass is 9.49. The summed E-state index contributed by atoms with van der Waals surface area (Å²) in [5, 5.41) is 22.8. The van der Waals surface area contributed by atoms with Crippen molar-refractivity contribution in [3.8, 4) is 11.5 Å². The van der Waals surface area contributed by atoms with E-state index in [0.717, 1.165) is 10.6 Å². The van der Waals surface area contributed by atoms with Crippen molar-refractivity contribution in [3.63, 3.8) is 0 Å². The molecule has 0 unspecified atom stereocenters. The molecule has 0 aromatic heterocycles. The van der Waals surface area contributed by atoms with Crippen LogP contribution in [0.4, 0.5) is 10.1 Å². The van der Waals surface area contributed by atoms with Gasteiger partial charge in [0.15, 0.2) is 0 Å². The van der Waals surface area contributed by atoms with Crippen molar-refractivity contribution in [1.29, 1.82) is 0 Å². The number of carbonyl (C=O) groups is 4. The molecule has 52 heavy (non-hydrogen) atoms. The number of likely N-dealkylation sites (tertiary alicyclic amines) is 1. The Bertz CT molecular complexity index is 2160. The highest BCUT2D eigenvalue weighted by Gasteiger charge is 2.70. The Kier molecular flexibility index (Phi) is 8.34. The first-order chi connectivity index (χ1) is 25.0. The number of aromatic hydroxyl groups is 2. The lowest BCUT2D eigenvalue weighted by Crippen LogP contribution is -2.53. The van der Waals surface area contributed by atoms with E-state index in [-0.39, 0.29) is 47.7 Å². The minimum Gasteiger partial charge on any atom is -0.508 e. The number of hydrogen-bond donors (Lipinski definition) is 3. The number of allylic oxidation sites excluding steroid dienone is 2. The molecule has 0 radical (unpaired) electrons. The lowest BCUT2D eigenvalue weighted by Gasteiger charge is -2.50. The molecule has 2 aliphatic heterocycles. The zero-order valence-corrected chi connectivity index (χ0v) is 29.0. The molecule has 4 aromatic carbocycles. The average molecular weight is 741 g/mol. The van der Waals surface area contributed by atoms with Gasteiger partial charge in [-0.05, 0) is 103 Å². The van der Waals surface area contributed by atoms with E-state index in [2.05, 4.69) is 5.43 Å². The predicted molar refractivity (Wildman–Crippen MR) is 191 cm³/mol. The molecule has 4 amide bonds.